The summed E-state index contributed by atoms with van der Waals surface area (Å²) in [6.45, 7) is 3.68. The molecule has 0 radical (unpaired) electrons. The van der Waals surface area contributed by atoms with Gasteiger partial charge >= 0.3 is 0 Å². The second kappa shape index (κ2) is 6.17. The monoisotopic (exact) mass is 304 g/mol. The molecule has 1 heterocycles. The smallest absolute Gasteiger partial charge is 0.298 e. The van der Waals surface area contributed by atoms with Crippen molar-refractivity contribution in [3.8, 4) is 12.3 Å². The molecular formula is C16H16O4S. The predicted octanol–water partition coefficient (Wildman–Crippen LogP) is 2.85. The van der Waals surface area contributed by atoms with Crippen LogP contribution in [0.3, 0.4) is 0 Å². The molecule has 1 aromatic heterocycles. The van der Waals surface area contributed by atoms with Crippen LogP contribution in [0.25, 0.3) is 0 Å². The van der Waals surface area contributed by atoms with Crippen molar-refractivity contribution in [1.82, 2.24) is 0 Å². The van der Waals surface area contributed by atoms with Crippen molar-refractivity contribution in [3.05, 3.63) is 53.5 Å². The van der Waals surface area contributed by atoms with E-state index in [2.05, 4.69) is 5.92 Å². The Morgan fingerprint density at radius 3 is 2.38 bits per heavy atom. The van der Waals surface area contributed by atoms with E-state index in [4.69, 9.17) is 15.0 Å². The second-order valence-electron chi connectivity index (χ2n) is 4.74. The van der Waals surface area contributed by atoms with Gasteiger partial charge in [0.2, 0.25) is 0 Å². The van der Waals surface area contributed by atoms with Crippen LogP contribution in [0.1, 0.15) is 17.1 Å². The quantitative estimate of drug-likeness (QED) is 0.629. The Labute approximate surface area is 124 Å². The van der Waals surface area contributed by atoms with E-state index in [0.717, 1.165) is 11.3 Å². The molecule has 2 aromatic rings. The minimum absolute atomic E-state index is 0.0870. The van der Waals surface area contributed by atoms with Crippen LogP contribution in [0.4, 0.5) is 0 Å². The summed E-state index contributed by atoms with van der Waals surface area (Å²) in [5.74, 6) is 3.67. The summed E-state index contributed by atoms with van der Waals surface area (Å²) >= 11 is 0. The number of terminal acetylenes is 1. The average molecular weight is 304 g/mol. The van der Waals surface area contributed by atoms with E-state index < -0.39 is 16.2 Å². The molecule has 0 saturated carbocycles. The Morgan fingerprint density at radius 1 is 1.19 bits per heavy atom. The molecular weight excluding hydrogens is 288 g/mol. The lowest BCUT2D eigenvalue weighted by atomic mass is 10.2. The van der Waals surface area contributed by atoms with Crippen molar-refractivity contribution in [3.63, 3.8) is 0 Å². The highest BCUT2D eigenvalue weighted by molar-refractivity contribution is 7.86. The van der Waals surface area contributed by atoms with Gasteiger partial charge in [0.25, 0.3) is 10.1 Å². The van der Waals surface area contributed by atoms with Crippen LogP contribution >= 0.6 is 0 Å². The van der Waals surface area contributed by atoms with Gasteiger partial charge in [0, 0.05) is 6.42 Å². The van der Waals surface area contributed by atoms with Crippen LogP contribution in [0, 0.1) is 26.2 Å². The number of aryl methyl sites for hydroxylation is 2. The minimum atomic E-state index is -3.89. The molecule has 0 N–H and O–H groups in total. The van der Waals surface area contributed by atoms with Gasteiger partial charge < -0.3 is 4.42 Å². The normalized spacial score (nSPS) is 12.8. The van der Waals surface area contributed by atoms with Gasteiger partial charge in [-0.1, -0.05) is 23.6 Å². The fourth-order valence-electron chi connectivity index (χ4n) is 1.81. The highest BCUT2D eigenvalue weighted by atomic mass is 32.2. The van der Waals surface area contributed by atoms with Gasteiger partial charge in [0.15, 0.2) is 0 Å². The van der Waals surface area contributed by atoms with Gasteiger partial charge in [-0.25, -0.2) is 4.18 Å². The molecule has 21 heavy (non-hydrogen) atoms. The van der Waals surface area contributed by atoms with Crippen LogP contribution in [0.5, 0.6) is 0 Å². The number of hydrogen-bond acceptors (Lipinski definition) is 4. The molecule has 1 unspecified atom stereocenters. The van der Waals surface area contributed by atoms with Gasteiger partial charge in [0.1, 0.15) is 17.6 Å². The third-order valence-corrected chi connectivity index (χ3v) is 4.26. The first-order valence-corrected chi connectivity index (χ1v) is 7.83. The SMILES string of the molecule is C#CC(Cc1ccc(C)o1)OS(=O)(=O)c1ccc(C)cc1. The lowest BCUT2D eigenvalue weighted by Crippen LogP contribution is -2.19. The van der Waals surface area contributed by atoms with Gasteiger partial charge in [-0.3, -0.25) is 0 Å². The zero-order valence-electron chi connectivity index (χ0n) is 11.9. The molecule has 0 amide bonds. The maximum absolute atomic E-state index is 12.2. The molecule has 1 aromatic carbocycles. The Kier molecular flexibility index (Phi) is 4.51. The first-order valence-electron chi connectivity index (χ1n) is 6.42. The first-order chi connectivity index (χ1) is 9.90. The molecule has 1 atom stereocenters. The van der Waals surface area contributed by atoms with Crippen molar-refractivity contribution in [1.29, 1.82) is 0 Å². The van der Waals surface area contributed by atoms with E-state index in [1.54, 1.807) is 31.2 Å². The molecule has 0 aliphatic heterocycles. The van der Waals surface area contributed by atoms with E-state index in [1.807, 2.05) is 6.92 Å². The fourth-order valence-corrected chi connectivity index (χ4v) is 2.82. The Bertz CT molecular complexity index is 748. The van der Waals surface area contributed by atoms with Crippen LogP contribution in [-0.4, -0.2) is 14.5 Å². The molecule has 2 rings (SSSR count). The third-order valence-electron chi connectivity index (χ3n) is 2.92. The maximum atomic E-state index is 12.2. The van der Waals surface area contributed by atoms with Gasteiger partial charge in [0.05, 0.1) is 4.90 Å². The molecule has 0 spiro atoms. The van der Waals surface area contributed by atoms with Crippen molar-refractivity contribution in [2.24, 2.45) is 0 Å². The largest absolute Gasteiger partial charge is 0.466 e. The van der Waals surface area contributed by atoms with Crippen molar-refractivity contribution >= 4 is 10.1 Å². The topological polar surface area (TPSA) is 56.5 Å². The summed E-state index contributed by atoms with van der Waals surface area (Å²) in [5.41, 5.74) is 0.966. The molecule has 0 saturated heterocycles. The Hall–Kier alpha value is -2.03. The van der Waals surface area contributed by atoms with E-state index in [-0.39, 0.29) is 11.3 Å². The van der Waals surface area contributed by atoms with E-state index in [9.17, 15) is 8.42 Å². The van der Waals surface area contributed by atoms with Gasteiger partial charge in [-0.2, -0.15) is 8.42 Å². The lowest BCUT2D eigenvalue weighted by Gasteiger charge is -2.11. The van der Waals surface area contributed by atoms with Gasteiger partial charge in [-0.15, -0.1) is 6.42 Å². The summed E-state index contributed by atoms with van der Waals surface area (Å²) in [6, 6.07) is 9.94. The van der Waals surface area contributed by atoms with Crippen molar-refractivity contribution in [2.45, 2.75) is 31.3 Å². The highest BCUT2D eigenvalue weighted by Gasteiger charge is 2.21. The fraction of sp³-hybridized carbons (Fsp3) is 0.250. The maximum Gasteiger partial charge on any atom is 0.298 e. The van der Waals surface area contributed by atoms with Crippen LogP contribution in [0.15, 0.2) is 45.7 Å². The minimum Gasteiger partial charge on any atom is -0.466 e. The number of rotatable bonds is 5. The van der Waals surface area contributed by atoms with Crippen molar-refractivity contribution < 1.29 is 17.0 Å². The van der Waals surface area contributed by atoms with E-state index >= 15 is 0 Å². The molecule has 5 heteroatoms. The summed E-state index contributed by atoms with van der Waals surface area (Å²) in [6.07, 6.45) is 4.66. The molecule has 4 nitrogen and oxygen atoms in total. The average Bonchev–Trinajstić information content (AvgIpc) is 2.83. The zero-order valence-corrected chi connectivity index (χ0v) is 12.7. The van der Waals surface area contributed by atoms with Crippen LogP contribution < -0.4 is 0 Å². The predicted molar refractivity (Wildman–Crippen MR) is 79.2 cm³/mol. The van der Waals surface area contributed by atoms with E-state index in [0.29, 0.717) is 5.76 Å². The number of hydrogen-bond donors (Lipinski definition) is 0. The summed E-state index contributed by atoms with van der Waals surface area (Å²) in [4.78, 5) is 0.0870. The summed E-state index contributed by atoms with van der Waals surface area (Å²) in [7, 11) is -3.89. The summed E-state index contributed by atoms with van der Waals surface area (Å²) < 4.78 is 34.8. The molecule has 0 aliphatic rings. The van der Waals surface area contributed by atoms with Crippen LogP contribution in [0.2, 0.25) is 0 Å². The number of furan rings is 1. The second-order valence-corrected chi connectivity index (χ2v) is 6.31. The van der Waals surface area contributed by atoms with E-state index in [1.165, 1.54) is 12.1 Å². The zero-order chi connectivity index (χ0) is 15.5. The Morgan fingerprint density at radius 2 is 1.86 bits per heavy atom. The van der Waals surface area contributed by atoms with Gasteiger partial charge in [-0.05, 0) is 38.1 Å². The first kappa shape index (κ1) is 15.4. The third kappa shape index (κ3) is 3.97. The molecule has 0 aliphatic carbocycles. The summed E-state index contributed by atoms with van der Waals surface area (Å²) in [5, 5.41) is 0. The molecule has 0 fully saturated rings. The highest BCUT2D eigenvalue weighted by Crippen LogP contribution is 2.17. The Balaban J connectivity index is 2.14. The van der Waals surface area contributed by atoms with Crippen LogP contribution in [-0.2, 0) is 20.7 Å². The number of benzene rings is 1. The molecule has 0 bridgehead atoms. The standard InChI is InChI=1S/C16H16O4S/c1-4-14(11-15-8-7-13(3)19-15)20-21(17,18)16-9-5-12(2)6-10-16/h1,5-10,14H,11H2,2-3H3. The van der Waals surface area contributed by atoms with Crippen molar-refractivity contribution in [2.75, 3.05) is 0 Å². The lowest BCUT2D eigenvalue weighted by molar-refractivity contribution is 0.254. The molecule has 110 valence electrons.